The third-order valence-corrected chi connectivity index (χ3v) is 4.92. The summed E-state index contributed by atoms with van der Waals surface area (Å²) in [5.74, 6) is 1.35. The minimum absolute atomic E-state index is 0.0409. The number of anilines is 1. The number of hydrogen-bond donors (Lipinski definition) is 1. The van der Waals surface area contributed by atoms with Crippen LogP contribution in [-0.2, 0) is 0 Å². The molecule has 28 heavy (non-hydrogen) atoms. The van der Waals surface area contributed by atoms with Gasteiger partial charge >= 0.3 is 6.03 Å². The molecule has 2 aromatic carbocycles. The molecule has 0 aliphatic carbocycles. The molecule has 2 heterocycles. The van der Waals surface area contributed by atoms with Crippen molar-refractivity contribution in [3.8, 4) is 11.5 Å². The molecule has 0 unspecified atom stereocenters. The second-order valence-corrected chi connectivity index (χ2v) is 6.84. The van der Waals surface area contributed by atoms with Gasteiger partial charge < -0.3 is 19.7 Å². The number of Topliss-reactive ketones (excluding diaryl/α,β-unsaturated/α-hetero) is 1. The summed E-state index contributed by atoms with van der Waals surface area (Å²) in [5, 5.41) is 2.90. The number of ketones is 1. The number of carbonyl (C=O) groups excluding carboxylic acids is 2. The fraction of sp³-hybridized carbons (Fsp3) is 0.333. The number of carbonyl (C=O) groups is 2. The van der Waals surface area contributed by atoms with E-state index in [1.54, 1.807) is 23.1 Å². The van der Waals surface area contributed by atoms with Gasteiger partial charge in [0.1, 0.15) is 13.2 Å². The van der Waals surface area contributed by atoms with Crippen LogP contribution in [0, 0.1) is 0 Å². The molecule has 0 spiro atoms. The van der Waals surface area contributed by atoms with Crippen molar-refractivity contribution in [1.82, 2.24) is 9.80 Å². The minimum Gasteiger partial charge on any atom is -0.486 e. The summed E-state index contributed by atoms with van der Waals surface area (Å²) in [6.07, 6.45) is 0. The average molecular weight is 381 g/mol. The summed E-state index contributed by atoms with van der Waals surface area (Å²) in [5.41, 5.74) is 1.40. The molecule has 0 saturated carbocycles. The lowest BCUT2D eigenvalue weighted by Gasteiger charge is -2.34. The van der Waals surface area contributed by atoms with E-state index in [4.69, 9.17) is 9.47 Å². The van der Waals surface area contributed by atoms with Crippen LogP contribution in [0.2, 0.25) is 0 Å². The highest BCUT2D eigenvalue weighted by Crippen LogP contribution is 2.30. The van der Waals surface area contributed by atoms with Crippen molar-refractivity contribution in [2.45, 2.75) is 0 Å². The number of nitrogens with zero attached hydrogens (tertiary/aromatic N) is 2. The van der Waals surface area contributed by atoms with Crippen molar-refractivity contribution in [2.75, 3.05) is 51.3 Å². The highest BCUT2D eigenvalue weighted by atomic mass is 16.6. The standard InChI is InChI=1S/C21H23N3O4/c25-18(16-6-7-19-20(14-16)28-13-12-27-19)15-23-8-10-24(11-9-23)21(26)22-17-4-2-1-3-5-17/h1-7,14H,8-13,15H2,(H,22,26). The van der Waals surface area contributed by atoms with Crippen LogP contribution in [0.25, 0.3) is 0 Å². The molecule has 146 valence electrons. The van der Waals surface area contributed by atoms with Crippen molar-refractivity contribution in [2.24, 2.45) is 0 Å². The number of benzene rings is 2. The second kappa shape index (κ2) is 8.31. The molecule has 7 nitrogen and oxygen atoms in total. The van der Waals surface area contributed by atoms with Crippen molar-refractivity contribution in [3.05, 3.63) is 54.1 Å². The van der Waals surface area contributed by atoms with Gasteiger partial charge in [0, 0.05) is 37.4 Å². The smallest absolute Gasteiger partial charge is 0.321 e. The normalized spacial score (nSPS) is 16.5. The number of rotatable bonds is 4. The van der Waals surface area contributed by atoms with E-state index in [1.165, 1.54) is 0 Å². The number of ether oxygens (including phenoxy) is 2. The molecule has 1 N–H and O–H groups in total. The molecule has 0 radical (unpaired) electrons. The largest absolute Gasteiger partial charge is 0.486 e. The Bertz CT molecular complexity index is 848. The maximum Gasteiger partial charge on any atom is 0.321 e. The van der Waals surface area contributed by atoms with E-state index in [1.807, 2.05) is 30.3 Å². The lowest BCUT2D eigenvalue weighted by molar-refractivity contribution is 0.0882. The Hall–Kier alpha value is -3.06. The fourth-order valence-electron chi connectivity index (χ4n) is 3.34. The van der Waals surface area contributed by atoms with Gasteiger partial charge in [0.2, 0.25) is 0 Å². The van der Waals surface area contributed by atoms with Crippen LogP contribution in [0.5, 0.6) is 11.5 Å². The Morgan fingerprint density at radius 2 is 1.61 bits per heavy atom. The van der Waals surface area contributed by atoms with Crippen LogP contribution in [0.1, 0.15) is 10.4 Å². The summed E-state index contributed by atoms with van der Waals surface area (Å²) in [6, 6.07) is 14.6. The van der Waals surface area contributed by atoms with Crippen LogP contribution in [0.4, 0.5) is 10.5 Å². The molecule has 0 bridgehead atoms. The number of fused-ring (bicyclic) bond motifs is 1. The quantitative estimate of drug-likeness (QED) is 0.824. The van der Waals surface area contributed by atoms with Gasteiger partial charge in [0.25, 0.3) is 0 Å². The van der Waals surface area contributed by atoms with E-state index in [-0.39, 0.29) is 11.8 Å². The lowest BCUT2D eigenvalue weighted by Crippen LogP contribution is -2.51. The summed E-state index contributed by atoms with van der Waals surface area (Å²) in [6.45, 7) is 3.87. The molecule has 2 aromatic rings. The van der Waals surface area contributed by atoms with E-state index < -0.39 is 0 Å². The van der Waals surface area contributed by atoms with Crippen LogP contribution in [0.15, 0.2) is 48.5 Å². The third-order valence-electron chi connectivity index (χ3n) is 4.92. The highest BCUT2D eigenvalue weighted by Gasteiger charge is 2.23. The van der Waals surface area contributed by atoms with Gasteiger partial charge in [-0.05, 0) is 30.3 Å². The molecule has 2 amide bonds. The predicted octanol–water partition coefficient (Wildman–Crippen LogP) is 2.49. The first-order valence-corrected chi connectivity index (χ1v) is 9.45. The van der Waals surface area contributed by atoms with Crippen LogP contribution < -0.4 is 14.8 Å². The van der Waals surface area contributed by atoms with E-state index >= 15 is 0 Å². The molecule has 0 atom stereocenters. The monoisotopic (exact) mass is 381 g/mol. The van der Waals surface area contributed by atoms with Gasteiger partial charge in [-0.25, -0.2) is 4.79 Å². The van der Waals surface area contributed by atoms with Crippen molar-refractivity contribution in [3.63, 3.8) is 0 Å². The maximum atomic E-state index is 12.6. The molecule has 7 heteroatoms. The lowest BCUT2D eigenvalue weighted by atomic mass is 10.1. The van der Waals surface area contributed by atoms with Crippen LogP contribution >= 0.6 is 0 Å². The number of hydrogen-bond acceptors (Lipinski definition) is 5. The first-order valence-electron chi connectivity index (χ1n) is 9.45. The molecule has 1 fully saturated rings. The summed E-state index contributed by atoms with van der Waals surface area (Å²) in [7, 11) is 0. The zero-order chi connectivity index (χ0) is 19.3. The Labute approximate surface area is 163 Å². The second-order valence-electron chi connectivity index (χ2n) is 6.84. The molecule has 0 aromatic heterocycles. The number of piperazine rings is 1. The molecule has 2 aliphatic rings. The summed E-state index contributed by atoms with van der Waals surface area (Å²) in [4.78, 5) is 28.8. The van der Waals surface area contributed by atoms with E-state index in [2.05, 4.69) is 10.2 Å². The molecule has 1 saturated heterocycles. The maximum absolute atomic E-state index is 12.6. The third kappa shape index (κ3) is 4.26. The number of amides is 2. The first-order chi connectivity index (χ1) is 13.7. The summed E-state index contributed by atoms with van der Waals surface area (Å²) >= 11 is 0. The Kier molecular flexibility index (Phi) is 5.43. The minimum atomic E-state index is -0.107. The van der Waals surface area contributed by atoms with Gasteiger partial charge in [-0.1, -0.05) is 18.2 Å². The number of para-hydroxylation sites is 1. The highest BCUT2D eigenvalue weighted by molar-refractivity contribution is 5.98. The predicted molar refractivity (Wildman–Crippen MR) is 105 cm³/mol. The molecular formula is C21H23N3O4. The van der Waals surface area contributed by atoms with E-state index in [0.717, 1.165) is 5.69 Å². The number of nitrogens with one attached hydrogen (secondary N) is 1. The van der Waals surface area contributed by atoms with Crippen molar-refractivity contribution in [1.29, 1.82) is 0 Å². The number of urea groups is 1. The Morgan fingerprint density at radius 1 is 0.893 bits per heavy atom. The van der Waals surface area contributed by atoms with Crippen LogP contribution in [-0.4, -0.2) is 67.6 Å². The fourth-order valence-corrected chi connectivity index (χ4v) is 3.34. The average Bonchev–Trinajstić information content (AvgIpc) is 2.74. The molecule has 4 rings (SSSR count). The van der Waals surface area contributed by atoms with Gasteiger partial charge in [0.15, 0.2) is 17.3 Å². The molecule has 2 aliphatic heterocycles. The van der Waals surface area contributed by atoms with Gasteiger partial charge in [-0.3, -0.25) is 9.69 Å². The van der Waals surface area contributed by atoms with Crippen molar-refractivity contribution >= 4 is 17.5 Å². The Balaban J connectivity index is 1.28. The van der Waals surface area contributed by atoms with Gasteiger partial charge in [0.05, 0.1) is 6.54 Å². The van der Waals surface area contributed by atoms with Gasteiger partial charge in [-0.15, -0.1) is 0 Å². The first kappa shape index (κ1) is 18.3. The van der Waals surface area contributed by atoms with Crippen molar-refractivity contribution < 1.29 is 19.1 Å². The SMILES string of the molecule is O=C(CN1CCN(C(=O)Nc2ccccc2)CC1)c1ccc2c(c1)OCCO2. The Morgan fingerprint density at radius 3 is 2.36 bits per heavy atom. The topological polar surface area (TPSA) is 71.1 Å². The molecular weight excluding hydrogens is 358 g/mol. The van der Waals surface area contributed by atoms with Crippen LogP contribution in [0.3, 0.4) is 0 Å². The van der Waals surface area contributed by atoms with E-state index in [9.17, 15) is 9.59 Å². The van der Waals surface area contributed by atoms with Gasteiger partial charge in [-0.2, -0.15) is 0 Å². The zero-order valence-electron chi connectivity index (χ0n) is 15.6. The van der Waals surface area contributed by atoms with E-state index in [0.29, 0.717) is 63.0 Å². The summed E-state index contributed by atoms with van der Waals surface area (Å²) < 4.78 is 11.0. The zero-order valence-corrected chi connectivity index (χ0v) is 15.6.